The summed E-state index contributed by atoms with van der Waals surface area (Å²) < 4.78 is 17.0. The maximum absolute atomic E-state index is 11.6. The van der Waals surface area contributed by atoms with Gasteiger partial charge in [-0.05, 0) is 72.9 Å². The van der Waals surface area contributed by atoms with Crippen molar-refractivity contribution >= 4 is 5.97 Å². The summed E-state index contributed by atoms with van der Waals surface area (Å²) in [6, 6.07) is 13.9. The molecule has 0 aromatic heterocycles. The number of hydrogen-bond donors (Lipinski definition) is 1. The molecule has 0 amide bonds. The Morgan fingerprint density at radius 1 is 1.10 bits per heavy atom. The van der Waals surface area contributed by atoms with Crippen LogP contribution in [-0.2, 0) is 4.79 Å². The maximum atomic E-state index is 11.6. The largest absolute Gasteiger partial charge is 0.497 e. The lowest BCUT2D eigenvalue weighted by Crippen LogP contribution is -2.20. The van der Waals surface area contributed by atoms with Gasteiger partial charge in [0.1, 0.15) is 17.2 Å². The Bertz CT molecular complexity index is 904. The zero-order valence-corrected chi connectivity index (χ0v) is 17.8. The van der Waals surface area contributed by atoms with Crippen LogP contribution < -0.4 is 14.2 Å². The fourth-order valence-corrected chi connectivity index (χ4v) is 4.53. The third-order valence-electron chi connectivity index (χ3n) is 6.52. The van der Waals surface area contributed by atoms with Gasteiger partial charge in [-0.15, -0.1) is 0 Å². The van der Waals surface area contributed by atoms with E-state index in [-0.39, 0.29) is 11.8 Å². The number of methoxy groups -OCH3 is 2. The number of ether oxygens (including phenoxy) is 3. The van der Waals surface area contributed by atoms with Crippen LogP contribution in [0.5, 0.6) is 17.2 Å². The zero-order valence-electron chi connectivity index (χ0n) is 17.8. The second kappa shape index (κ2) is 8.58. The van der Waals surface area contributed by atoms with E-state index in [1.807, 2.05) is 43.3 Å². The lowest BCUT2D eigenvalue weighted by molar-refractivity contribution is -0.142. The Morgan fingerprint density at radius 2 is 1.90 bits per heavy atom. The fraction of sp³-hybridized carbons (Fsp3) is 0.480. The van der Waals surface area contributed by atoms with Crippen molar-refractivity contribution in [2.24, 2.45) is 17.8 Å². The first-order valence-corrected chi connectivity index (χ1v) is 10.7. The molecule has 0 radical (unpaired) electrons. The average molecular weight is 411 g/mol. The van der Waals surface area contributed by atoms with Crippen molar-refractivity contribution in [2.45, 2.75) is 38.0 Å². The van der Waals surface area contributed by atoms with Crippen LogP contribution in [0.1, 0.15) is 49.1 Å². The van der Waals surface area contributed by atoms with Crippen molar-refractivity contribution in [3.8, 4) is 17.2 Å². The van der Waals surface area contributed by atoms with Crippen LogP contribution in [0.2, 0.25) is 0 Å². The van der Waals surface area contributed by atoms with Crippen molar-refractivity contribution in [3.63, 3.8) is 0 Å². The minimum absolute atomic E-state index is 0.0563. The molecule has 2 aliphatic rings. The summed E-state index contributed by atoms with van der Waals surface area (Å²) in [4.78, 5) is 11.6. The van der Waals surface area contributed by atoms with Crippen molar-refractivity contribution < 1.29 is 24.1 Å². The van der Waals surface area contributed by atoms with Gasteiger partial charge in [0.05, 0.1) is 26.7 Å². The molecule has 2 aliphatic carbocycles. The molecule has 0 heterocycles. The lowest BCUT2D eigenvalue weighted by Gasteiger charge is -2.21. The van der Waals surface area contributed by atoms with Gasteiger partial charge in [-0.3, -0.25) is 4.79 Å². The highest BCUT2D eigenvalue weighted by atomic mass is 16.5. The number of benzene rings is 2. The van der Waals surface area contributed by atoms with Gasteiger partial charge >= 0.3 is 5.97 Å². The molecule has 4 atom stereocenters. The topological polar surface area (TPSA) is 65.0 Å². The zero-order chi connectivity index (χ0) is 21.3. The summed E-state index contributed by atoms with van der Waals surface area (Å²) in [7, 11) is 3.37. The van der Waals surface area contributed by atoms with E-state index in [9.17, 15) is 9.90 Å². The predicted octanol–water partition coefficient (Wildman–Crippen LogP) is 5.10. The Hall–Kier alpha value is -2.69. The SMILES string of the molecule is COc1ccc(OC)c([C@H]2C[C@@H]2COc2cccc([C@H](C3CC3)[C@H](C)C(=O)O)c2)c1. The van der Waals surface area contributed by atoms with Crippen LogP contribution in [0.25, 0.3) is 0 Å². The van der Waals surface area contributed by atoms with Crippen LogP contribution in [0.3, 0.4) is 0 Å². The quantitative estimate of drug-likeness (QED) is 0.590. The van der Waals surface area contributed by atoms with Gasteiger partial charge in [0.2, 0.25) is 0 Å². The highest BCUT2D eigenvalue weighted by molar-refractivity contribution is 5.71. The van der Waals surface area contributed by atoms with Crippen LogP contribution in [-0.4, -0.2) is 31.9 Å². The van der Waals surface area contributed by atoms with Gasteiger partial charge in [0.15, 0.2) is 0 Å². The Morgan fingerprint density at radius 3 is 2.57 bits per heavy atom. The third-order valence-corrected chi connectivity index (χ3v) is 6.52. The van der Waals surface area contributed by atoms with E-state index in [1.165, 1.54) is 5.56 Å². The van der Waals surface area contributed by atoms with Crippen LogP contribution in [0, 0.1) is 17.8 Å². The summed E-state index contributed by atoms with van der Waals surface area (Å²) >= 11 is 0. The second-order valence-electron chi connectivity index (χ2n) is 8.58. The van der Waals surface area contributed by atoms with Crippen molar-refractivity contribution in [1.82, 2.24) is 0 Å². The molecule has 0 saturated heterocycles. The molecule has 4 rings (SSSR count). The van der Waals surface area contributed by atoms with E-state index in [1.54, 1.807) is 14.2 Å². The molecule has 5 heteroatoms. The molecule has 1 N–H and O–H groups in total. The molecule has 30 heavy (non-hydrogen) atoms. The molecule has 2 saturated carbocycles. The number of carboxylic acid groups (broad SMARTS) is 1. The van der Waals surface area contributed by atoms with Gasteiger partial charge in [-0.2, -0.15) is 0 Å². The first-order valence-electron chi connectivity index (χ1n) is 10.7. The lowest BCUT2D eigenvalue weighted by atomic mass is 9.83. The number of carboxylic acids is 1. The Balaban J connectivity index is 1.41. The molecule has 0 spiro atoms. The molecule has 0 aliphatic heterocycles. The summed E-state index contributed by atoms with van der Waals surface area (Å²) in [6.07, 6.45) is 3.28. The smallest absolute Gasteiger partial charge is 0.306 e. The van der Waals surface area contributed by atoms with Gasteiger partial charge in [-0.1, -0.05) is 19.1 Å². The van der Waals surface area contributed by atoms with E-state index < -0.39 is 5.97 Å². The van der Waals surface area contributed by atoms with E-state index >= 15 is 0 Å². The number of hydrogen-bond acceptors (Lipinski definition) is 4. The highest BCUT2D eigenvalue weighted by Gasteiger charge is 2.41. The number of rotatable bonds is 10. The molecule has 5 nitrogen and oxygen atoms in total. The molecule has 2 aromatic rings. The Kier molecular flexibility index (Phi) is 5.89. The Labute approximate surface area is 178 Å². The molecular weight excluding hydrogens is 380 g/mol. The molecule has 160 valence electrons. The third kappa shape index (κ3) is 4.40. The van der Waals surface area contributed by atoms with E-state index in [0.717, 1.165) is 42.1 Å². The van der Waals surface area contributed by atoms with Gasteiger partial charge in [0, 0.05) is 11.5 Å². The average Bonchev–Trinajstić information content (AvgIpc) is 3.67. The maximum Gasteiger partial charge on any atom is 0.306 e. The molecule has 2 fully saturated rings. The van der Waals surface area contributed by atoms with Gasteiger partial charge in [0.25, 0.3) is 0 Å². The second-order valence-corrected chi connectivity index (χ2v) is 8.58. The molecule has 0 bridgehead atoms. The molecular formula is C25H30O5. The summed E-state index contributed by atoms with van der Waals surface area (Å²) in [6.45, 7) is 2.45. The standard InChI is InChI=1S/C25H30O5/c1-15(25(26)27)24(16-7-8-16)17-5-4-6-20(11-17)30-14-18-12-21(18)22-13-19(28-2)9-10-23(22)29-3/h4-6,9-11,13,15-16,18,21,24H,7-8,12,14H2,1-3H3,(H,26,27)/t15-,18+,21-,24-/m0/s1. The highest BCUT2D eigenvalue weighted by Crippen LogP contribution is 2.51. The van der Waals surface area contributed by atoms with Crippen molar-refractivity contribution in [2.75, 3.05) is 20.8 Å². The summed E-state index contributed by atoms with van der Waals surface area (Å²) in [5.74, 6) is 2.80. The van der Waals surface area contributed by atoms with E-state index in [4.69, 9.17) is 14.2 Å². The normalized spacial score (nSPS) is 22.1. The minimum Gasteiger partial charge on any atom is -0.497 e. The van der Waals surface area contributed by atoms with Gasteiger partial charge < -0.3 is 19.3 Å². The fourth-order valence-electron chi connectivity index (χ4n) is 4.53. The van der Waals surface area contributed by atoms with Crippen LogP contribution in [0.4, 0.5) is 0 Å². The number of aliphatic carboxylic acids is 1. The van der Waals surface area contributed by atoms with Crippen molar-refractivity contribution in [3.05, 3.63) is 53.6 Å². The molecule has 0 unspecified atom stereocenters. The predicted molar refractivity (Wildman–Crippen MR) is 115 cm³/mol. The summed E-state index contributed by atoms with van der Waals surface area (Å²) in [5.41, 5.74) is 2.25. The van der Waals surface area contributed by atoms with E-state index in [2.05, 4.69) is 6.07 Å². The van der Waals surface area contributed by atoms with Crippen LogP contribution in [0.15, 0.2) is 42.5 Å². The summed E-state index contributed by atoms with van der Waals surface area (Å²) in [5, 5.41) is 9.51. The number of carbonyl (C=O) groups is 1. The van der Waals surface area contributed by atoms with Crippen molar-refractivity contribution in [1.29, 1.82) is 0 Å². The monoisotopic (exact) mass is 410 g/mol. The minimum atomic E-state index is -0.730. The van der Waals surface area contributed by atoms with E-state index in [0.29, 0.717) is 24.4 Å². The first kappa shape index (κ1) is 20.6. The first-order chi connectivity index (χ1) is 14.5. The molecule has 2 aromatic carbocycles. The van der Waals surface area contributed by atoms with Crippen LogP contribution >= 0.6 is 0 Å². The van der Waals surface area contributed by atoms with Gasteiger partial charge in [-0.25, -0.2) is 0 Å².